The number of carbonyl (C=O) groups is 1. The lowest BCUT2D eigenvalue weighted by Crippen LogP contribution is -2.38. The van der Waals surface area contributed by atoms with Gasteiger partial charge in [-0.3, -0.25) is 4.79 Å². The molecule has 1 unspecified atom stereocenters. The quantitative estimate of drug-likeness (QED) is 0.803. The smallest absolute Gasteiger partial charge is 0.308 e. The van der Waals surface area contributed by atoms with Crippen molar-refractivity contribution in [3.05, 3.63) is 23.8 Å². The van der Waals surface area contributed by atoms with E-state index in [2.05, 4.69) is 25.2 Å². The van der Waals surface area contributed by atoms with Crippen molar-refractivity contribution < 1.29 is 14.6 Å². The van der Waals surface area contributed by atoms with Crippen molar-refractivity contribution in [1.82, 2.24) is 0 Å². The van der Waals surface area contributed by atoms with E-state index >= 15 is 0 Å². The number of ether oxygens (including phenoxy) is 1. The first-order valence-electron chi connectivity index (χ1n) is 7.69. The number of esters is 1. The maximum absolute atomic E-state index is 12.0. The molecule has 4 atom stereocenters. The van der Waals surface area contributed by atoms with E-state index in [9.17, 15) is 9.90 Å². The number of hydrogen-bond acceptors (Lipinski definition) is 3. The van der Waals surface area contributed by atoms with E-state index in [-0.39, 0.29) is 35.9 Å². The molecule has 112 valence electrons. The second kappa shape index (κ2) is 6.13. The number of hydrogen-bond donors (Lipinski definition) is 1. The highest BCUT2D eigenvalue weighted by Crippen LogP contribution is 2.42. The Labute approximate surface area is 121 Å². The Morgan fingerprint density at radius 1 is 1.60 bits per heavy atom. The van der Waals surface area contributed by atoms with Crippen LogP contribution in [0.25, 0.3) is 0 Å². The predicted octanol–water partition coefficient (Wildman–Crippen LogP) is 3.24. The number of carbonyl (C=O) groups excluding carboxylic acids is 1. The Kier molecular flexibility index (Phi) is 4.69. The molecule has 0 aromatic heterocycles. The van der Waals surface area contributed by atoms with Gasteiger partial charge < -0.3 is 9.84 Å². The summed E-state index contributed by atoms with van der Waals surface area (Å²) in [4.78, 5) is 12.0. The first-order valence-corrected chi connectivity index (χ1v) is 7.69. The normalized spacial score (nSPS) is 34.1. The van der Waals surface area contributed by atoms with E-state index in [0.29, 0.717) is 0 Å². The first kappa shape index (κ1) is 15.3. The average molecular weight is 278 g/mol. The lowest BCUT2D eigenvalue weighted by molar-refractivity contribution is -0.157. The molecule has 0 saturated heterocycles. The van der Waals surface area contributed by atoms with Crippen molar-refractivity contribution in [2.45, 2.75) is 52.6 Å². The first-order chi connectivity index (χ1) is 9.49. The van der Waals surface area contributed by atoms with E-state index in [1.165, 1.54) is 5.57 Å². The molecule has 3 nitrogen and oxygen atoms in total. The number of aliphatic hydroxyl groups excluding tert-OH is 1. The molecule has 0 saturated carbocycles. The zero-order valence-electron chi connectivity index (χ0n) is 12.8. The molecule has 2 aliphatic carbocycles. The minimum atomic E-state index is -0.194. The molecule has 0 aliphatic heterocycles. The molecule has 0 aromatic rings. The molecule has 0 amide bonds. The van der Waals surface area contributed by atoms with Gasteiger partial charge in [0.05, 0.1) is 12.5 Å². The number of allylic oxidation sites excluding steroid dienone is 2. The lowest BCUT2D eigenvalue weighted by atomic mass is 9.69. The third kappa shape index (κ3) is 3.14. The van der Waals surface area contributed by atoms with Crippen molar-refractivity contribution in [2.24, 2.45) is 17.3 Å². The molecule has 0 radical (unpaired) electrons. The monoisotopic (exact) mass is 278 g/mol. The number of rotatable bonds is 4. The van der Waals surface area contributed by atoms with E-state index in [0.717, 1.165) is 25.7 Å². The second-order valence-electron chi connectivity index (χ2n) is 6.52. The van der Waals surface area contributed by atoms with Gasteiger partial charge in [-0.25, -0.2) is 0 Å². The highest BCUT2D eigenvalue weighted by Gasteiger charge is 2.38. The molecule has 0 spiro atoms. The van der Waals surface area contributed by atoms with Gasteiger partial charge in [-0.15, -0.1) is 0 Å². The second-order valence-corrected chi connectivity index (χ2v) is 6.52. The van der Waals surface area contributed by atoms with Gasteiger partial charge in [0.2, 0.25) is 0 Å². The molecule has 0 fully saturated rings. The maximum Gasteiger partial charge on any atom is 0.308 e. The van der Waals surface area contributed by atoms with Crippen molar-refractivity contribution in [3.8, 4) is 0 Å². The molecule has 2 rings (SSSR count). The summed E-state index contributed by atoms with van der Waals surface area (Å²) in [6.45, 7) is 6.12. The molecule has 1 N–H and O–H groups in total. The number of fused-ring (bicyclic) bond motifs is 1. The Morgan fingerprint density at radius 3 is 3.00 bits per heavy atom. The minimum Gasteiger partial charge on any atom is -0.462 e. The van der Waals surface area contributed by atoms with E-state index < -0.39 is 0 Å². The Bertz CT molecular complexity index is 424. The van der Waals surface area contributed by atoms with Crippen molar-refractivity contribution >= 4 is 5.97 Å². The molecule has 20 heavy (non-hydrogen) atoms. The summed E-state index contributed by atoms with van der Waals surface area (Å²) in [7, 11) is 0. The Morgan fingerprint density at radius 2 is 2.35 bits per heavy atom. The summed E-state index contributed by atoms with van der Waals surface area (Å²) in [5, 5.41) is 9.56. The van der Waals surface area contributed by atoms with Crippen LogP contribution in [0.1, 0.15) is 46.5 Å². The topological polar surface area (TPSA) is 46.5 Å². The molecular weight excluding hydrogens is 252 g/mol. The fourth-order valence-corrected chi connectivity index (χ4v) is 2.98. The summed E-state index contributed by atoms with van der Waals surface area (Å²) in [6, 6.07) is 0. The van der Waals surface area contributed by atoms with Gasteiger partial charge in [0.1, 0.15) is 6.10 Å². The molecule has 0 aromatic carbocycles. The van der Waals surface area contributed by atoms with E-state index in [4.69, 9.17) is 4.74 Å². The van der Waals surface area contributed by atoms with Gasteiger partial charge >= 0.3 is 5.97 Å². The summed E-state index contributed by atoms with van der Waals surface area (Å²) < 4.78 is 5.76. The summed E-state index contributed by atoms with van der Waals surface area (Å²) in [5.41, 5.74) is 1.07. The average Bonchev–Trinajstić information content (AvgIpc) is 2.47. The summed E-state index contributed by atoms with van der Waals surface area (Å²) in [5.74, 6) is 0.116. The third-order valence-corrected chi connectivity index (χ3v) is 4.72. The van der Waals surface area contributed by atoms with Crippen LogP contribution >= 0.6 is 0 Å². The summed E-state index contributed by atoms with van der Waals surface area (Å²) in [6.07, 6.45) is 9.92. The van der Waals surface area contributed by atoms with Crippen LogP contribution < -0.4 is 0 Å². The predicted molar refractivity (Wildman–Crippen MR) is 79.1 cm³/mol. The molecular formula is C17H26O3. The van der Waals surface area contributed by atoms with Crippen LogP contribution in [0, 0.1) is 17.3 Å². The highest BCUT2D eigenvalue weighted by atomic mass is 16.5. The van der Waals surface area contributed by atoms with E-state index in [1.54, 1.807) is 0 Å². The molecule has 2 aliphatic rings. The van der Waals surface area contributed by atoms with Gasteiger partial charge in [-0.1, -0.05) is 39.0 Å². The van der Waals surface area contributed by atoms with Crippen LogP contribution in [0.5, 0.6) is 0 Å². The zero-order chi connectivity index (χ0) is 14.8. The van der Waals surface area contributed by atoms with Crippen LogP contribution in [0.3, 0.4) is 0 Å². The van der Waals surface area contributed by atoms with Gasteiger partial charge in [-0.05, 0) is 31.3 Å². The van der Waals surface area contributed by atoms with Gasteiger partial charge in [0, 0.05) is 11.3 Å². The van der Waals surface area contributed by atoms with Crippen molar-refractivity contribution in [1.29, 1.82) is 0 Å². The Hall–Kier alpha value is -1.09. The fraction of sp³-hybridized carbons (Fsp3) is 0.706. The highest BCUT2D eigenvalue weighted by molar-refractivity contribution is 5.72. The third-order valence-electron chi connectivity index (χ3n) is 4.72. The van der Waals surface area contributed by atoms with Gasteiger partial charge in [0.15, 0.2) is 0 Å². The van der Waals surface area contributed by atoms with Crippen LogP contribution in [0.2, 0.25) is 0 Å². The van der Waals surface area contributed by atoms with Crippen LogP contribution in [0.15, 0.2) is 23.8 Å². The largest absolute Gasteiger partial charge is 0.462 e. The maximum atomic E-state index is 12.0. The molecule has 3 heteroatoms. The van der Waals surface area contributed by atoms with Gasteiger partial charge in [-0.2, -0.15) is 0 Å². The fourth-order valence-electron chi connectivity index (χ4n) is 2.98. The molecule has 0 heterocycles. The van der Waals surface area contributed by atoms with Crippen LogP contribution in [0.4, 0.5) is 0 Å². The van der Waals surface area contributed by atoms with Crippen molar-refractivity contribution in [3.63, 3.8) is 0 Å². The molecule has 0 bridgehead atoms. The van der Waals surface area contributed by atoms with E-state index in [1.807, 2.05) is 13.8 Å². The Balaban J connectivity index is 2.11. The minimum absolute atomic E-state index is 0.0345. The van der Waals surface area contributed by atoms with Crippen LogP contribution in [-0.4, -0.2) is 23.8 Å². The zero-order valence-corrected chi connectivity index (χ0v) is 12.8. The standard InChI is InChI=1S/C17H26O3/c1-4-12(2)16(19)20-15-7-5-6-13-8-9-17(3,11-18)10-14(13)15/h6,8-9,12,14-15,18H,4-5,7,10-11H2,1-3H3/t12?,14-,15+,17-/m1/s1. The summed E-state index contributed by atoms with van der Waals surface area (Å²) >= 11 is 0. The number of aliphatic hydroxyl groups is 1. The van der Waals surface area contributed by atoms with Crippen LogP contribution in [-0.2, 0) is 9.53 Å². The SMILES string of the molecule is CCC(C)C(=O)O[C@H]1CCC=C2C=C[C@@](C)(CO)C[C@H]21. The lowest BCUT2D eigenvalue weighted by Gasteiger charge is -2.40. The van der Waals surface area contributed by atoms with Gasteiger partial charge in [0.25, 0.3) is 0 Å². The van der Waals surface area contributed by atoms with Crippen molar-refractivity contribution in [2.75, 3.05) is 6.61 Å².